The number of aromatic nitrogens is 11. The molecule has 352 valence electrons. The van der Waals surface area contributed by atoms with Crippen LogP contribution < -0.4 is 19.6 Å². The van der Waals surface area contributed by atoms with Crippen LogP contribution in [0.2, 0.25) is 0 Å². The van der Waals surface area contributed by atoms with Crippen molar-refractivity contribution in [2.24, 2.45) is 0 Å². The molecule has 0 saturated carbocycles. The molecule has 0 amide bonds. The SMILES string of the molecule is CC1CCCN1c1nc(N2CCN(c3ccc(O)cc3)CC2)nc2c1ncn2-c1ccncc1.OCCn1cnc2c(-n3ncc4ccccc43)nc(N3CCC(O)(c4ccc(F)cc4)CC3)nc21. The average Bonchev–Trinajstić information content (AvgIpc) is 4.21. The standard InChI is InChI=1S/C25H24FN7O2.C25H28N8O/c26-19-7-5-18(6-8-19)25(35)9-11-31(12-10-25)24-29-22-21(27-16-32(22)13-14-34)23(30-24)33-20-4-2-1-3-17(20)15-28-33;1-18-3-2-12-32(18)23-22-24(33(17-27-22)20-8-10-26-11-9-20)29-25(28-23)31-15-13-30(14-16-31)19-4-6-21(34)7-5-19/h1-8,15-16,34-35H,9-14H2;4-11,17-18,34H,2-3,12-16H2,1H3. The smallest absolute Gasteiger partial charge is 0.229 e. The van der Waals surface area contributed by atoms with Gasteiger partial charge in [0.2, 0.25) is 11.9 Å². The molecular formula is C50H52FN15O3. The first-order chi connectivity index (χ1) is 33.7. The van der Waals surface area contributed by atoms with Gasteiger partial charge in [-0.2, -0.15) is 25.0 Å². The monoisotopic (exact) mass is 929 g/mol. The normalized spacial score (nSPS) is 17.2. The van der Waals surface area contributed by atoms with Crippen LogP contribution in [0.3, 0.4) is 0 Å². The second-order valence-electron chi connectivity index (χ2n) is 17.8. The number of nitrogens with zero attached hydrogens (tertiary/aromatic N) is 15. The van der Waals surface area contributed by atoms with Crippen molar-refractivity contribution in [2.45, 2.75) is 50.8 Å². The maximum atomic E-state index is 13.4. The number of piperidine rings is 1. The zero-order valence-electron chi connectivity index (χ0n) is 38.2. The first kappa shape index (κ1) is 43.8. The van der Waals surface area contributed by atoms with E-state index < -0.39 is 5.60 Å². The Bertz CT molecular complexity index is 3220. The van der Waals surface area contributed by atoms with Crippen LogP contribution in [0.1, 0.15) is 38.2 Å². The van der Waals surface area contributed by atoms with Gasteiger partial charge in [-0.1, -0.05) is 30.3 Å². The fourth-order valence-corrected chi connectivity index (χ4v) is 9.73. The molecular weight excluding hydrogens is 878 g/mol. The highest BCUT2D eigenvalue weighted by Crippen LogP contribution is 2.36. The molecule has 0 radical (unpaired) electrons. The first-order valence-electron chi connectivity index (χ1n) is 23.4. The quantitative estimate of drug-likeness (QED) is 0.152. The minimum absolute atomic E-state index is 0.0424. The molecule has 69 heavy (non-hydrogen) atoms. The maximum absolute atomic E-state index is 13.4. The molecule has 3 saturated heterocycles. The van der Waals surface area contributed by atoms with Crippen LogP contribution in [0.5, 0.6) is 5.75 Å². The van der Waals surface area contributed by atoms with Gasteiger partial charge in [0.15, 0.2) is 34.0 Å². The zero-order valence-corrected chi connectivity index (χ0v) is 38.2. The molecule has 0 spiro atoms. The third-order valence-electron chi connectivity index (χ3n) is 13.6. The van der Waals surface area contributed by atoms with Gasteiger partial charge in [-0.3, -0.25) is 9.55 Å². The number of piperazine rings is 1. The molecule has 3 aliphatic heterocycles. The number of rotatable bonds is 9. The number of pyridine rings is 1. The highest BCUT2D eigenvalue weighted by atomic mass is 19.1. The average molecular weight is 930 g/mol. The lowest BCUT2D eigenvalue weighted by Gasteiger charge is -2.38. The number of aromatic hydroxyl groups is 1. The lowest BCUT2D eigenvalue weighted by Crippen LogP contribution is -2.47. The molecule has 0 aliphatic carbocycles. The molecule has 12 rings (SSSR count). The number of aliphatic hydroxyl groups excluding tert-OH is 1. The number of benzene rings is 3. The van der Waals surface area contributed by atoms with E-state index in [2.05, 4.69) is 36.7 Å². The molecule has 19 heteroatoms. The van der Waals surface area contributed by atoms with Crippen LogP contribution in [0, 0.1) is 5.82 Å². The summed E-state index contributed by atoms with van der Waals surface area (Å²) in [6, 6.07) is 25.7. The summed E-state index contributed by atoms with van der Waals surface area (Å²) in [6.45, 7) is 7.99. The first-order valence-corrected chi connectivity index (χ1v) is 23.4. The number of phenols is 1. The number of aliphatic hydroxyl groups is 2. The van der Waals surface area contributed by atoms with E-state index in [9.17, 15) is 19.7 Å². The molecule has 0 bridgehead atoms. The summed E-state index contributed by atoms with van der Waals surface area (Å²) in [5, 5.41) is 35.9. The van der Waals surface area contributed by atoms with Gasteiger partial charge in [0.1, 0.15) is 17.9 Å². The summed E-state index contributed by atoms with van der Waals surface area (Å²) in [5.41, 5.74) is 5.56. The Morgan fingerprint density at radius 3 is 2.09 bits per heavy atom. The number of phenolic OH excluding ortho intramolecular Hbond substituents is 1. The number of hydrogen-bond donors (Lipinski definition) is 3. The summed E-state index contributed by atoms with van der Waals surface area (Å²) in [4.78, 5) is 42.2. The van der Waals surface area contributed by atoms with Gasteiger partial charge in [-0.15, -0.1) is 0 Å². The summed E-state index contributed by atoms with van der Waals surface area (Å²) in [5.74, 6) is 2.71. The molecule has 1 unspecified atom stereocenters. The second-order valence-corrected chi connectivity index (χ2v) is 17.8. The highest BCUT2D eigenvalue weighted by Gasteiger charge is 2.36. The molecule has 18 nitrogen and oxygen atoms in total. The predicted octanol–water partition coefficient (Wildman–Crippen LogP) is 6.02. The number of fused-ring (bicyclic) bond motifs is 3. The Kier molecular flexibility index (Phi) is 11.7. The van der Waals surface area contributed by atoms with Crippen LogP contribution in [0.4, 0.5) is 27.8 Å². The number of imidazole rings is 2. The zero-order chi connectivity index (χ0) is 47.1. The van der Waals surface area contributed by atoms with Gasteiger partial charge in [0, 0.05) is 81.9 Å². The Balaban J connectivity index is 0.000000151. The highest BCUT2D eigenvalue weighted by molar-refractivity contribution is 5.87. The lowest BCUT2D eigenvalue weighted by molar-refractivity contribution is 0.0115. The van der Waals surface area contributed by atoms with Gasteiger partial charge >= 0.3 is 0 Å². The van der Waals surface area contributed by atoms with Gasteiger partial charge in [0.05, 0.1) is 35.9 Å². The largest absolute Gasteiger partial charge is 0.508 e. The Morgan fingerprint density at radius 2 is 1.36 bits per heavy atom. The topological polar surface area (TPSA) is 192 Å². The van der Waals surface area contributed by atoms with Crippen LogP contribution in [0.25, 0.3) is 44.7 Å². The van der Waals surface area contributed by atoms with Crippen molar-refractivity contribution in [3.63, 3.8) is 0 Å². The van der Waals surface area contributed by atoms with Crippen LogP contribution in [0.15, 0.2) is 116 Å². The van der Waals surface area contributed by atoms with Crippen molar-refractivity contribution in [2.75, 3.05) is 72.0 Å². The van der Waals surface area contributed by atoms with Gasteiger partial charge < -0.3 is 39.5 Å². The summed E-state index contributed by atoms with van der Waals surface area (Å²) < 4.78 is 19.0. The molecule has 3 N–H and O–H groups in total. The van der Waals surface area contributed by atoms with E-state index >= 15 is 0 Å². The third-order valence-corrected chi connectivity index (χ3v) is 13.6. The summed E-state index contributed by atoms with van der Waals surface area (Å²) >= 11 is 0. The summed E-state index contributed by atoms with van der Waals surface area (Å²) in [6.07, 6.45) is 12.1. The van der Waals surface area contributed by atoms with Crippen molar-refractivity contribution >= 4 is 56.6 Å². The van der Waals surface area contributed by atoms with Crippen molar-refractivity contribution in [1.82, 2.24) is 53.8 Å². The summed E-state index contributed by atoms with van der Waals surface area (Å²) in [7, 11) is 0. The number of halogens is 1. The third kappa shape index (κ3) is 8.48. The molecule has 1 atom stereocenters. The molecule has 9 heterocycles. The molecule has 6 aromatic heterocycles. The molecule has 9 aromatic rings. The Labute approximate surface area is 396 Å². The van der Waals surface area contributed by atoms with Crippen LogP contribution in [-0.4, -0.2) is 128 Å². The van der Waals surface area contributed by atoms with E-state index in [0.29, 0.717) is 72.8 Å². The lowest BCUT2D eigenvalue weighted by atomic mass is 9.84. The van der Waals surface area contributed by atoms with Crippen molar-refractivity contribution in [1.29, 1.82) is 0 Å². The fourth-order valence-electron chi connectivity index (χ4n) is 9.73. The number of hydrogen-bond acceptors (Lipinski definition) is 15. The minimum atomic E-state index is -1.03. The van der Waals surface area contributed by atoms with Crippen molar-refractivity contribution < 1.29 is 19.7 Å². The van der Waals surface area contributed by atoms with Gasteiger partial charge in [-0.25, -0.2) is 19.0 Å². The van der Waals surface area contributed by atoms with E-state index in [1.54, 1.807) is 58.4 Å². The van der Waals surface area contributed by atoms with E-state index in [4.69, 9.17) is 24.9 Å². The number of anilines is 4. The van der Waals surface area contributed by atoms with E-state index in [-0.39, 0.29) is 12.4 Å². The molecule has 3 fully saturated rings. The van der Waals surface area contributed by atoms with Crippen molar-refractivity contribution in [3.8, 4) is 17.3 Å². The van der Waals surface area contributed by atoms with Crippen LogP contribution >= 0.6 is 0 Å². The van der Waals surface area contributed by atoms with E-state index in [1.807, 2.05) is 64.3 Å². The fraction of sp³-hybridized carbons (Fsp3) is 0.320. The van der Waals surface area contributed by atoms with E-state index in [0.717, 1.165) is 84.4 Å². The molecule has 3 aromatic carbocycles. The molecule has 3 aliphatic rings. The second kappa shape index (κ2) is 18.4. The minimum Gasteiger partial charge on any atom is -0.508 e. The Hall–Kier alpha value is -7.77. The van der Waals surface area contributed by atoms with Crippen LogP contribution in [-0.2, 0) is 12.1 Å². The predicted molar refractivity (Wildman–Crippen MR) is 262 cm³/mol. The maximum Gasteiger partial charge on any atom is 0.229 e. The van der Waals surface area contributed by atoms with Gasteiger partial charge in [-0.05, 0) is 92.8 Å². The number of para-hydroxylation sites is 1. The Morgan fingerprint density at radius 1 is 0.696 bits per heavy atom. The van der Waals surface area contributed by atoms with E-state index in [1.165, 1.54) is 18.6 Å². The van der Waals surface area contributed by atoms with Crippen molar-refractivity contribution in [3.05, 3.63) is 128 Å². The van der Waals surface area contributed by atoms with Gasteiger partial charge in [0.25, 0.3) is 0 Å².